The molecule has 0 saturated heterocycles. The largest absolute Gasteiger partial charge is 0.351 e. The quantitative estimate of drug-likeness (QED) is 0.695. The van der Waals surface area contributed by atoms with Crippen molar-refractivity contribution in [3.05, 3.63) is 34.9 Å². The van der Waals surface area contributed by atoms with Gasteiger partial charge >= 0.3 is 16.1 Å². The summed E-state index contributed by atoms with van der Waals surface area (Å²) in [6, 6.07) is 6.66. The summed E-state index contributed by atoms with van der Waals surface area (Å²) in [6.45, 7) is 5.51. The fourth-order valence-electron chi connectivity index (χ4n) is 1.74. The molecular formula is C15H16BrNO4S2. The molecule has 2 aromatic heterocycles. The predicted molar refractivity (Wildman–Crippen MR) is 92.6 cm³/mol. The Labute approximate surface area is 148 Å². The van der Waals surface area contributed by atoms with E-state index >= 15 is 0 Å². The molecule has 0 aliphatic rings. The van der Waals surface area contributed by atoms with Crippen LogP contribution in [0.5, 0.6) is 0 Å². The van der Waals surface area contributed by atoms with Crippen LogP contribution in [0.3, 0.4) is 0 Å². The number of carbonyl (C=O) groups is 1. The molecule has 5 nitrogen and oxygen atoms in total. The van der Waals surface area contributed by atoms with Crippen LogP contribution in [-0.2, 0) is 19.1 Å². The van der Waals surface area contributed by atoms with Crippen LogP contribution in [0.1, 0.15) is 27.2 Å². The molecule has 8 heteroatoms. The molecule has 0 atom stereocenters. The van der Waals surface area contributed by atoms with Gasteiger partial charge in [-0.05, 0) is 45.6 Å². The molecule has 0 saturated carbocycles. The summed E-state index contributed by atoms with van der Waals surface area (Å²) in [5, 5.41) is 0. The van der Waals surface area contributed by atoms with Crippen LogP contribution in [-0.4, -0.2) is 19.4 Å². The molecule has 0 aliphatic carbocycles. The van der Waals surface area contributed by atoms with E-state index in [1.54, 1.807) is 18.3 Å². The minimum Gasteiger partial charge on any atom is -0.342 e. The second-order valence-corrected chi connectivity index (χ2v) is 9.90. The third-order valence-electron chi connectivity index (χ3n) is 2.68. The Morgan fingerprint density at radius 2 is 1.96 bits per heavy atom. The summed E-state index contributed by atoms with van der Waals surface area (Å²) < 4.78 is 29.8. The number of hydrogen-bond donors (Lipinski definition) is 0. The van der Waals surface area contributed by atoms with Crippen LogP contribution < -0.4 is 0 Å². The van der Waals surface area contributed by atoms with Crippen molar-refractivity contribution >= 4 is 43.4 Å². The first kappa shape index (κ1) is 18.1. The molecule has 2 heterocycles. The van der Waals surface area contributed by atoms with Crippen LogP contribution in [0, 0.1) is 5.41 Å². The van der Waals surface area contributed by atoms with Crippen molar-refractivity contribution in [1.82, 2.24) is 4.98 Å². The molecule has 0 aliphatic heterocycles. The third kappa shape index (κ3) is 5.12. The summed E-state index contributed by atoms with van der Waals surface area (Å²) in [7, 11) is -4.10. The standard InChI is InChI=1S/C15H16BrNO4S2/c1-15(2,3)8-13(18)21-23(19,20)14-7-6-12(22-14)11-5-4-10(16)9-17-11/h4-7,9H,8H2,1-3H3. The van der Waals surface area contributed by atoms with Gasteiger partial charge in [0.2, 0.25) is 0 Å². The highest BCUT2D eigenvalue weighted by Crippen LogP contribution is 2.31. The zero-order valence-electron chi connectivity index (χ0n) is 12.9. The van der Waals surface area contributed by atoms with Gasteiger partial charge in [-0.3, -0.25) is 9.78 Å². The highest BCUT2D eigenvalue weighted by molar-refractivity contribution is 9.10. The molecule has 0 spiro atoms. The lowest BCUT2D eigenvalue weighted by molar-refractivity contribution is -0.135. The van der Waals surface area contributed by atoms with E-state index in [1.165, 1.54) is 6.07 Å². The molecular weight excluding hydrogens is 402 g/mol. The maximum Gasteiger partial charge on any atom is 0.351 e. The number of carbonyl (C=O) groups excluding carboxylic acids is 1. The van der Waals surface area contributed by atoms with Crippen LogP contribution >= 0.6 is 27.3 Å². The number of halogens is 1. The number of aromatic nitrogens is 1. The maximum atomic E-state index is 12.2. The lowest BCUT2D eigenvalue weighted by atomic mass is 9.93. The number of hydrogen-bond acceptors (Lipinski definition) is 6. The first-order valence-corrected chi connectivity index (χ1v) is 9.78. The lowest BCUT2D eigenvalue weighted by Crippen LogP contribution is -2.18. The molecule has 0 aromatic carbocycles. The zero-order chi connectivity index (χ0) is 17.3. The van der Waals surface area contributed by atoms with Gasteiger partial charge in [0, 0.05) is 10.7 Å². The van der Waals surface area contributed by atoms with Crippen LogP contribution in [0.15, 0.2) is 39.1 Å². The van der Waals surface area contributed by atoms with E-state index < -0.39 is 16.1 Å². The Bertz CT molecular complexity index is 805. The number of thiophene rings is 1. The molecule has 0 bridgehead atoms. The first-order valence-electron chi connectivity index (χ1n) is 6.76. The summed E-state index contributed by atoms with van der Waals surface area (Å²) in [5.41, 5.74) is 0.315. The molecule has 0 radical (unpaired) electrons. The van der Waals surface area contributed by atoms with Gasteiger partial charge in [0.1, 0.15) is 0 Å². The fraction of sp³-hybridized carbons (Fsp3) is 0.333. The van der Waals surface area contributed by atoms with Crippen molar-refractivity contribution in [2.75, 3.05) is 0 Å². The van der Waals surface area contributed by atoms with E-state index in [2.05, 4.69) is 25.1 Å². The van der Waals surface area contributed by atoms with Gasteiger partial charge in [-0.2, -0.15) is 8.42 Å². The highest BCUT2D eigenvalue weighted by atomic mass is 79.9. The van der Waals surface area contributed by atoms with Gasteiger partial charge < -0.3 is 4.18 Å². The van der Waals surface area contributed by atoms with E-state index in [0.29, 0.717) is 10.6 Å². The lowest BCUT2D eigenvalue weighted by Gasteiger charge is -2.15. The van der Waals surface area contributed by atoms with Gasteiger partial charge in [0.05, 0.1) is 17.0 Å². The second kappa shape index (κ2) is 6.70. The summed E-state index contributed by atoms with van der Waals surface area (Å²) >= 11 is 4.31. The van der Waals surface area contributed by atoms with Gasteiger partial charge in [0.25, 0.3) is 0 Å². The van der Waals surface area contributed by atoms with Crippen molar-refractivity contribution in [3.8, 4) is 10.6 Å². The van der Waals surface area contributed by atoms with Crippen LogP contribution in [0.25, 0.3) is 10.6 Å². The van der Waals surface area contributed by atoms with Crippen molar-refractivity contribution in [2.45, 2.75) is 31.4 Å². The molecule has 0 fully saturated rings. The van der Waals surface area contributed by atoms with Crippen LogP contribution in [0.4, 0.5) is 0 Å². The minimum atomic E-state index is -4.10. The molecule has 0 unspecified atom stereocenters. The zero-order valence-corrected chi connectivity index (χ0v) is 16.1. The van der Waals surface area contributed by atoms with E-state index in [0.717, 1.165) is 15.8 Å². The molecule has 2 rings (SSSR count). The van der Waals surface area contributed by atoms with Crippen molar-refractivity contribution in [2.24, 2.45) is 5.41 Å². The molecule has 124 valence electrons. The normalized spacial score (nSPS) is 12.2. The van der Waals surface area contributed by atoms with Gasteiger partial charge in [-0.25, -0.2) is 0 Å². The van der Waals surface area contributed by atoms with Gasteiger partial charge in [-0.15, -0.1) is 11.3 Å². The van der Waals surface area contributed by atoms with Gasteiger partial charge in [0.15, 0.2) is 4.21 Å². The Morgan fingerprint density at radius 3 is 2.52 bits per heavy atom. The number of pyridine rings is 1. The third-order valence-corrected chi connectivity index (χ3v) is 5.95. The van der Waals surface area contributed by atoms with E-state index in [4.69, 9.17) is 0 Å². The number of rotatable bonds is 4. The summed E-state index contributed by atoms with van der Waals surface area (Å²) in [6.07, 6.45) is 1.66. The minimum absolute atomic E-state index is 0.0144. The van der Waals surface area contributed by atoms with E-state index in [1.807, 2.05) is 26.8 Å². The van der Waals surface area contributed by atoms with Crippen molar-refractivity contribution in [3.63, 3.8) is 0 Å². The Balaban J connectivity index is 2.18. The smallest absolute Gasteiger partial charge is 0.342 e. The Morgan fingerprint density at radius 1 is 1.26 bits per heavy atom. The fourth-order valence-corrected chi connectivity index (χ4v) is 4.09. The molecule has 0 amide bonds. The van der Waals surface area contributed by atoms with Crippen LogP contribution in [0.2, 0.25) is 0 Å². The predicted octanol–water partition coefficient (Wildman–Crippen LogP) is 4.24. The first-order chi connectivity index (χ1) is 10.6. The molecule has 2 aromatic rings. The molecule has 23 heavy (non-hydrogen) atoms. The maximum absolute atomic E-state index is 12.2. The van der Waals surface area contributed by atoms with E-state index in [9.17, 15) is 13.2 Å². The van der Waals surface area contributed by atoms with Crippen molar-refractivity contribution < 1.29 is 17.4 Å². The topological polar surface area (TPSA) is 73.3 Å². The van der Waals surface area contributed by atoms with E-state index in [-0.39, 0.29) is 16.0 Å². The number of nitrogens with zero attached hydrogens (tertiary/aromatic N) is 1. The summed E-state index contributed by atoms with van der Waals surface area (Å²) in [4.78, 5) is 16.6. The van der Waals surface area contributed by atoms with Gasteiger partial charge in [-0.1, -0.05) is 20.8 Å². The summed E-state index contributed by atoms with van der Waals surface area (Å²) in [5.74, 6) is -0.755. The Kier molecular flexibility index (Phi) is 5.27. The second-order valence-electron chi connectivity index (χ2n) is 6.13. The average Bonchev–Trinajstić information content (AvgIpc) is 2.86. The average molecular weight is 418 g/mol. The SMILES string of the molecule is CC(C)(C)CC(=O)OS(=O)(=O)c1ccc(-c2ccc(Br)cn2)s1. The molecule has 0 N–H and O–H groups in total. The highest BCUT2D eigenvalue weighted by Gasteiger charge is 2.26. The van der Waals surface area contributed by atoms with Crippen molar-refractivity contribution in [1.29, 1.82) is 0 Å². The monoisotopic (exact) mass is 417 g/mol. The Hall–Kier alpha value is -1.25.